The second-order valence-electron chi connectivity index (χ2n) is 7.10. The largest absolute Gasteiger partial charge is 0.489 e. The molecule has 0 aromatic heterocycles. The summed E-state index contributed by atoms with van der Waals surface area (Å²) >= 11 is 0. The molecule has 26 heavy (non-hydrogen) atoms. The van der Waals surface area contributed by atoms with Crippen molar-refractivity contribution in [3.05, 3.63) is 30.1 Å². The van der Waals surface area contributed by atoms with Crippen LogP contribution in [0.3, 0.4) is 0 Å². The molecule has 6 nitrogen and oxygen atoms in total. The summed E-state index contributed by atoms with van der Waals surface area (Å²) in [6, 6.07) is 6.17. The van der Waals surface area contributed by atoms with E-state index in [1.807, 2.05) is 6.92 Å². The Kier molecular flexibility index (Phi) is 7.66. The van der Waals surface area contributed by atoms with E-state index in [-0.39, 0.29) is 17.5 Å². The summed E-state index contributed by atoms with van der Waals surface area (Å²) in [4.78, 5) is 6.69. The molecular weight excluding hydrogens is 335 g/mol. The molecule has 1 aliphatic heterocycles. The molecule has 0 bridgehead atoms. The van der Waals surface area contributed by atoms with Crippen LogP contribution in [0.1, 0.15) is 20.8 Å². The van der Waals surface area contributed by atoms with Crippen molar-refractivity contribution in [3.63, 3.8) is 0 Å². The predicted octanol–water partition coefficient (Wildman–Crippen LogP) is 1.87. The molecule has 1 heterocycles. The third kappa shape index (κ3) is 6.46. The highest BCUT2D eigenvalue weighted by molar-refractivity contribution is 5.79. The Morgan fingerprint density at radius 1 is 1.35 bits per heavy atom. The van der Waals surface area contributed by atoms with Crippen LogP contribution in [0, 0.1) is 5.82 Å². The zero-order valence-corrected chi connectivity index (χ0v) is 16.2. The number of guanidine groups is 1. The van der Waals surface area contributed by atoms with Gasteiger partial charge >= 0.3 is 0 Å². The number of rotatable bonds is 7. The molecule has 0 radical (unpaired) electrons. The highest BCUT2D eigenvalue weighted by atomic mass is 19.1. The first-order valence-corrected chi connectivity index (χ1v) is 9.10. The predicted molar refractivity (Wildman–Crippen MR) is 102 cm³/mol. The van der Waals surface area contributed by atoms with E-state index in [9.17, 15) is 4.39 Å². The van der Waals surface area contributed by atoms with Crippen molar-refractivity contribution in [3.8, 4) is 5.75 Å². The Bertz CT molecular complexity index is 589. The number of aliphatic imine (C=N–C) groups is 1. The second kappa shape index (κ2) is 9.73. The Morgan fingerprint density at radius 2 is 2.08 bits per heavy atom. The van der Waals surface area contributed by atoms with Crippen LogP contribution in [-0.4, -0.2) is 68.9 Å². The Labute approximate surface area is 155 Å². The van der Waals surface area contributed by atoms with Gasteiger partial charge in [0.15, 0.2) is 5.96 Å². The monoisotopic (exact) mass is 366 g/mol. The number of nitrogens with one attached hydrogen (secondary N) is 2. The van der Waals surface area contributed by atoms with Crippen molar-refractivity contribution in [2.45, 2.75) is 32.4 Å². The molecule has 1 atom stereocenters. The van der Waals surface area contributed by atoms with Crippen LogP contribution >= 0.6 is 0 Å². The third-order valence-electron chi connectivity index (χ3n) is 4.47. The van der Waals surface area contributed by atoms with Gasteiger partial charge < -0.3 is 20.1 Å². The average Bonchev–Trinajstić information content (AvgIpc) is 2.62. The average molecular weight is 366 g/mol. The number of morpholine rings is 1. The highest BCUT2D eigenvalue weighted by Crippen LogP contribution is 2.15. The summed E-state index contributed by atoms with van der Waals surface area (Å²) in [5.74, 6) is 0.946. The lowest BCUT2D eigenvalue weighted by Crippen LogP contribution is -2.56. The van der Waals surface area contributed by atoms with Crippen molar-refractivity contribution in [2.24, 2.45) is 4.99 Å². The normalized spacial score (nSPS) is 17.7. The summed E-state index contributed by atoms with van der Waals surface area (Å²) in [5, 5.41) is 6.63. The molecule has 0 amide bonds. The first-order valence-electron chi connectivity index (χ1n) is 9.10. The SMILES string of the molecule is CN=C(NCC(C)Oc1cccc(F)c1)NCC(C)(C)N1CCOCC1. The Morgan fingerprint density at radius 3 is 2.73 bits per heavy atom. The number of halogens is 1. The summed E-state index contributed by atoms with van der Waals surface area (Å²) in [6.45, 7) is 11.2. The lowest BCUT2D eigenvalue weighted by molar-refractivity contribution is -0.00834. The van der Waals surface area contributed by atoms with Crippen LogP contribution < -0.4 is 15.4 Å². The van der Waals surface area contributed by atoms with Gasteiger partial charge in [-0.1, -0.05) is 6.07 Å². The first kappa shape index (κ1) is 20.5. The maximum atomic E-state index is 13.2. The standard InChI is InChI=1S/C19H31FN4O2/c1-15(26-17-7-5-6-16(20)12-17)13-22-18(21-4)23-14-19(2,3)24-8-10-25-11-9-24/h5-7,12,15H,8-11,13-14H2,1-4H3,(H2,21,22,23). The fraction of sp³-hybridized carbons (Fsp3) is 0.632. The lowest BCUT2D eigenvalue weighted by atomic mass is 10.0. The van der Waals surface area contributed by atoms with Crippen molar-refractivity contribution < 1.29 is 13.9 Å². The van der Waals surface area contributed by atoms with Gasteiger partial charge in [0, 0.05) is 38.3 Å². The van der Waals surface area contributed by atoms with Crippen LogP contribution in [0.4, 0.5) is 4.39 Å². The van der Waals surface area contributed by atoms with E-state index in [2.05, 4.69) is 34.4 Å². The van der Waals surface area contributed by atoms with E-state index < -0.39 is 0 Å². The van der Waals surface area contributed by atoms with Crippen LogP contribution in [0.25, 0.3) is 0 Å². The zero-order chi connectivity index (χ0) is 19.0. The van der Waals surface area contributed by atoms with Gasteiger partial charge in [0.2, 0.25) is 0 Å². The number of benzene rings is 1. The molecule has 2 N–H and O–H groups in total. The molecule has 1 unspecified atom stereocenters. The summed E-state index contributed by atoms with van der Waals surface area (Å²) in [6.07, 6.45) is -0.123. The Balaban J connectivity index is 1.76. The molecule has 1 saturated heterocycles. The number of ether oxygens (including phenoxy) is 2. The second-order valence-corrected chi connectivity index (χ2v) is 7.10. The molecule has 2 rings (SSSR count). The van der Waals surface area contributed by atoms with Gasteiger partial charge in [-0.05, 0) is 32.9 Å². The third-order valence-corrected chi connectivity index (χ3v) is 4.47. The molecule has 1 fully saturated rings. The lowest BCUT2D eigenvalue weighted by Gasteiger charge is -2.41. The van der Waals surface area contributed by atoms with Crippen molar-refractivity contribution >= 4 is 5.96 Å². The smallest absolute Gasteiger partial charge is 0.191 e. The van der Waals surface area contributed by atoms with Crippen LogP contribution in [-0.2, 0) is 4.74 Å². The van der Waals surface area contributed by atoms with E-state index in [1.54, 1.807) is 19.2 Å². The molecule has 0 spiro atoms. The molecule has 146 valence electrons. The molecule has 0 aliphatic carbocycles. The molecule has 1 aromatic carbocycles. The minimum atomic E-state index is -0.300. The highest BCUT2D eigenvalue weighted by Gasteiger charge is 2.28. The quantitative estimate of drug-likeness (QED) is 0.570. The maximum absolute atomic E-state index is 13.2. The summed E-state index contributed by atoms with van der Waals surface area (Å²) in [7, 11) is 1.75. The van der Waals surface area contributed by atoms with Gasteiger partial charge in [-0.3, -0.25) is 9.89 Å². The van der Waals surface area contributed by atoms with Crippen molar-refractivity contribution in [1.82, 2.24) is 15.5 Å². The first-order chi connectivity index (χ1) is 12.4. The van der Waals surface area contributed by atoms with Gasteiger partial charge in [-0.2, -0.15) is 0 Å². The summed E-state index contributed by atoms with van der Waals surface area (Å²) < 4.78 is 24.4. The number of nitrogens with zero attached hydrogens (tertiary/aromatic N) is 2. The Hall–Kier alpha value is -1.86. The van der Waals surface area contributed by atoms with Gasteiger partial charge in [0.1, 0.15) is 17.7 Å². The minimum absolute atomic E-state index is 0.00504. The van der Waals surface area contributed by atoms with Gasteiger partial charge in [0.05, 0.1) is 19.8 Å². The maximum Gasteiger partial charge on any atom is 0.191 e. The van der Waals surface area contributed by atoms with Crippen molar-refractivity contribution in [2.75, 3.05) is 46.4 Å². The van der Waals surface area contributed by atoms with Gasteiger partial charge in [-0.15, -0.1) is 0 Å². The summed E-state index contributed by atoms with van der Waals surface area (Å²) in [5.41, 5.74) is 0.00504. The topological polar surface area (TPSA) is 58.1 Å². The number of hydrogen-bond donors (Lipinski definition) is 2. The molecule has 1 aliphatic rings. The van der Waals surface area contributed by atoms with Gasteiger partial charge in [0.25, 0.3) is 0 Å². The fourth-order valence-corrected chi connectivity index (χ4v) is 2.86. The van der Waals surface area contributed by atoms with E-state index in [1.165, 1.54) is 12.1 Å². The molecular formula is C19H31FN4O2. The van der Waals surface area contributed by atoms with E-state index >= 15 is 0 Å². The van der Waals surface area contributed by atoms with E-state index in [4.69, 9.17) is 9.47 Å². The van der Waals surface area contributed by atoms with Gasteiger partial charge in [-0.25, -0.2) is 4.39 Å². The van der Waals surface area contributed by atoms with Crippen LogP contribution in [0.2, 0.25) is 0 Å². The molecule has 0 saturated carbocycles. The van der Waals surface area contributed by atoms with E-state index in [0.717, 1.165) is 38.8 Å². The fourth-order valence-electron chi connectivity index (χ4n) is 2.86. The molecule has 1 aromatic rings. The van der Waals surface area contributed by atoms with Crippen LogP contribution in [0.5, 0.6) is 5.75 Å². The molecule has 7 heteroatoms. The van der Waals surface area contributed by atoms with Crippen LogP contribution in [0.15, 0.2) is 29.3 Å². The number of hydrogen-bond acceptors (Lipinski definition) is 4. The zero-order valence-electron chi connectivity index (χ0n) is 16.2. The van der Waals surface area contributed by atoms with E-state index in [0.29, 0.717) is 12.3 Å². The van der Waals surface area contributed by atoms with Crippen molar-refractivity contribution in [1.29, 1.82) is 0 Å². The minimum Gasteiger partial charge on any atom is -0.489 e.